The first-order valence-electron chi connectivity index (χ1n) is 9.94. The Labute approximate surface area is 172 Å². The van der Waals surface area contributed by atoms with E-state index < -0.39 is 0 Å². The fraction of sp³-hybridized carbons (Fsp3) is 0.435. The largest absolute Gasteiger partial charge is 0.497 e. The van der Waals surface area contributed by atoms with Gasteiger partial charge in [0.2, 0.25) is 5.91 Å². The van der Waals surface area contributed by atoms with E-state index in [9.17, 15) is 4.79 Å². The van der Waals surface area contributed by atoms with Gasteiger partial charge in [0.25, 0.3) is 0 Å². The van der Waals surface area contributed by atoms with Gasteiger partial charge in [0.1, 0.15) is 5.75 Å². The monoisotopic (exact) mass is 398 g/mol. The number of ether oxygens (including phenoxy) is 1. The van der Waals surface area contributed by atoms with E-state index in [1.165, 1.54) is 5.56 Å². The van der Waals surface area contributed by atoms with Crippen molar-refractivity contribution in [3.8, 4) is 5.75 Å². The number of methoxy groups -OCH3 is 1. The van der Waals surface area contributed by atoms with Crippen LogP contribution in [0.25, 0.3) is 0 Å². The maximum absolute atomic E-state index is 13.8. The van der Waals surface area contributed by atoms with Gasteiger partial charge in [-0.3, -0.25) is 4.79 Å². The van der Waals surface area contributed by atoms with E-state index >= 15 is 0 Å². The average Bonchev–Trinajstić information content (AvgIpc) is 3.27. The Bertz CT molecular complexity index is 835. The predicted octanol–water partition coefficient (Wildman–Crippen LogP) is 3.57. The van der Waals surface area contributed by atoms with E-state index in [0.717, 1.165) is 43.8 Å². The van der Waals surface area contributed by atoms with Crippen LogP contribution >= 0.6 is 12.4 Å². The molecule has 28 heavy (non-hydrogen) atoms. The number of halogens is 1. The van der Waals surface area contributed by atoms with Crippen molar-refractivity contribution in [1.29, 1.82) is 0 Å². The highest BCUT2D eigenvalue weighted by molar-refractivity contribution is 5.92. The molecule has 2 heterocycles. The molecule has 1 aliphatic carbocycles. The molecule has 0 radical (unpaired) electrons. The lowest BCUT2D eigenvalue weighted by Gasteiger charge is -2.32. The molecule has 0 spiro atoms. The van der Waals surface area contributed by atoms with Gasteiger partial charge < -0.3 is 15.0 Å². The molecule has 148 valence electrons. The third-order valence-electron chi connectivity index (χ3n) is 6.77. The highest BCUT2D eigenvalue weighted by Gasteiger charge is 2.57. The summed E-state index contributed by atoms with van der Waals surface area (Å²) in [5.74, 6) is 2.23. The van der Waals surface area contributed by atoms with E-state index in [2.05, 4.69) is 52.7 Å². The molecule has 2 aromatic rings. The third kappa shape index (κ3) is 2.99. The second kappa shape index (κ2) is 7.41. The van der Waals surface area contributed by atoms with Gasteiger partial charge in [-0.15, -0.1) is 12.4 Å². The lowest BCUT2D eigenvalue weighted by molar-refractivity contribution is -0.135. The molecule has 2 aliphatic heterocycles. The average molecular weight is 399 g/mol. The molecule has 2 aromatic carbocycles. The fourth-order valence-electron chi connectivity index (χ4n) is 5.14. The van der Waals surface area contributed by atoms with Crippen LogP contribution in [0.2, 0.25) is 0 Å². The molecule has 0 unspecified atom stereocenters. The van der Waals surface area contributed by atoms with Crippen LogP contribution in [0.4, 0.5) is 0 Å². The molecule has 5 heteroatoms. The number of rotatable bonds is 4. The Morgan fingerprint density at radius 2 is 1.79 bits per heavy atom. The Morgan fingerprint density at radius 3 is 2.43 bits per heavy atom. The van der Waals surface area contributed by atoms with Gasteiger partial charge in [0.15, 0.2) is 0 Å². The summed E-state index contributed by atoms with van der Waals surface area (Å²) in [7, 11) is 1.68. The first-order valence-corrected chi connectivity index (χ1v) is 9.94. The minimum absolute atomic E-state index is 0. The topological polar surface area (TPSA) is 41.6 Å². The van der Waals surface area contributed by atoms with Crippen LogP contribution in [0.1, 0.15) is 30.0 Å². The Hall–Kier alpha value is -2.04. The predicted molar refractivity (Wildman–Crippen MR) is 112 cm³/mol. The molecule has 1 N–H and O–H groups in total. The highest BCUT2D eigenvalue weighted by Crippen LogP contribution is 2.53. The van der Waals surface area contributed by atoms with E-state index in [4.69, 9.17) is 4.74 Å². The molecule has 0 bridgehead atoms. The van der Waals surface area contributed by atoms with Gasteiger partial charge >= 0.3 is 0 Å². The van der Waals surface area contributed by atoms with Crippen molar-refractivity contribution < 1.29 is 9.53 Å². The lowest BCUT2D eigenvalue weighted by Crippen LogP contribution is -2.41. The summed E-state index contributed by atoms with van der Waals surface area (Å²) in [6.07, 6.45) is 1.90. The summed E-state index contributed by atoms with van der Waals surface area (Å²) in [6.45, 7) is 2.89. The number of benzene rings is 2. The highest BCUT2D eigenvalue weighted by atomic mass is 35.5. The second-order valence-electron chi connectivity index (χ2n) is 8.21. The van der Waals surface area contributed by atoms with Crippen molar-refractivity contribution in [3.05, 3.63) is 65.7 Å². The van der Waals surface area contributed by atoms with Gasteiger partial charge in [-0.2, -0.15) is 0 Å². The third-order valence-corrected chi connectivity index (χ3v) is 6.77. The summed E-state index contributed by atoms with van der Waals surface area (Å²) < 4.78 is 5.29. The first kappa shape index (κ1) is 19.3. The number of fused-ring (bicyclic) bond motifs is 1. The minimum atomic E-state index is -0.328. The van der Waals surface area contributed by atoms with Crippen LogP contribution in [0.15, 0.2) is 54.6 Å². The summed E-state index contributed by atoms with van der Waals surface area (Å²) in [5.41, 5.74) is 2.08. The lowest BCUT2D eigenvalue weighted by atomic mass is 9.88. The van der Waals surface area contributed by atoms with E-state index in [0.29, 0.717) is 17.7 Å². The maximum atomic E-state index is 13.8. The van der Waals surface area contributed by atoms with Crippen LogP contribution in [0.3, 0.4) is 0 Å². The zero-order valence-corrected chi connectivity index (χ0v) is 17.0. The van der Waals surface area contributed by atoms with E-state index in [-0.39, 0.29) is 23.9 Å². The second-order valence-corrected chi connectivity index (χ2v) is 8.21. The number of amides is 1. The van der Waals surface area contributed by atoms with Crippen molar-refractivity contribution in [2.24, 2.45) is 11.8 Å². The quantitative estimate of drug-likeness (QED) is 0.856. The van der Waals surface area contributed by atoms with Crippen LogP contribution in [-0.4, -0.2) is 37.6 Å². The summed E-state index contributed by atoms with van der Waals surface area (Å²) in [6, 6.07) is 18.9. The molecule has 3 atom stereocenters. The maximum Gasteiger partial charge on any atom is 0.233 e. The molecular weight excluding hydrogens is 372 g/mol. The number of nitrogens with zero attached hydrogens (tertiary/aromatic N) is 1. The van der Waals surface area contributed by atoms with Crippen molar-refractivity contribution >= 4 is 18.3 Å². The number of nitrogens with one attached hydrogen (secondary N) is 1. The summed E-state index contributed by atoms with van der Waals surface area (Å²) in [4.78, 5) is 16.0. The van der Waals surface area contributed by atoms with Crippen molar-refractivity contribution in [3.63, 3.8) is 0 Å². The van der Waals surface area contributed by atoms with Crippen molar-refractivity contribution in [2.75, 3.05) is 26.7 Å². The molecule has 3 fully saturated rings. The molecule has 3 aliphatic rings. The summed E-state index contributed by atoms with van der Waals surface area (Å²) in [5, 5.41) is 3.53. The Kier molecular flexibility index (Phi) is 5.11. The Balaban J connectivity index is 0.00000192. The van der Waals surface area contributed by atoms with Crippen molar-refractivity contribution in [2.45, 2.75) is 24.3 Å². The SMILES string of the molecule is COc1ccc(C2(C(=O)N3C[C@@H]4CNC[C@@H]4[C@@H]3c3ccccc3)CC2)cc1.Cl. The molecule has 4 nitrogen and oxygen atoms in total. The zero-order chi connectivity index (χ0) is 18.4. The number of likely N-dealkylation sites (tertiary alicyclic amines) is 1. The van der Waals surface area contributed by atoms with Crippen LogP contribution < -0.4 is 10.1 Å². The molecule has 1 saturated carbocycles. The molecular formula is C23H27ClN2O2. The fourth-order valence-corrected chi connectivity index (χ4v) is 5.14. The molecule has 5 rings (SSSR count). The van der Waals surface area contributed by atoms with Gasteiger partial charge in [0.05, 0.1) is 18.6 Å². The zero-order valence-electron chi connectivity index (χ0n) is 16.1. The molecule has 2 saturated heterocycles. The number of carbonyl (C=O) groups is 1. The first-order chi connectivity index (χ1) is 13.2. The number of hydrogen-bond acceptors (Lipinski definition) is 3. The van der Waals surface area contributed by atoms with Crippen LogP contribution in [0, 0.1) is 11.8 Å². The normalized spacial score (nSPS) is 27.0. The van der Waals surface area contributed by atoms with E-state index in [1.807, 2.05) is 12.1 Å². The van der Waals surface area contributed by atoms with Gasteiger partial charge in [0, 0.05) is 25.6 Å². The Morgan fingerprint density at radius 1 is 1.07 bits per heavy atom. The van der Waals surface area contributed by atoms with Gasteiger partial charge in [-0.25, -0.2) is 0 Å². The number of hydrogen-bond donors (Lipinski definition) is 1. The van der Waals surface area contributed by atoms with Gasteiger partial charge in [-0.05, 0) is 42.0 Å². The molecule has 0 aromatic heterocycles. The van der Waals surface area contributed by atoms with Crippen molar-refractivity contribution in [1.82, 2.24) is 10.2 Å². The smallest absolute Gasteiger partial charge is 0.233 e. The minimum Gasteiger partial charge on any atom is -0.497 e. The van der Waals surface area contributed by atoms with Gasteiger partial charge in [-0.1, -0.05) is 42.5 Å². The van der Waals surface area contributed by atoms with E-state index in [1.54, 1.807) is 7.11 Å². The number of carbonyl (C=O) groups excluding carboxylic acids is 1. The summed E-state index contributed by atoms with van der Waals surface area (Å²) >= 11 is 0. The standard InChI is InChI=1S/C23H26N2O2.ClH/c1-27-19-9-7-18(8-10-19)23(11-12-23)22(26)25-15-17-13-24-14-20(17)21(25)16-5-3-2-4-6-16;/h2-10,17,20-21,24H,11-15H2,1H3;1H/t17-,20-,21-;/m0./s1. The van der Waals surface area contributed by atoms with Crippen LogP contribution in [0.5, 0.6) is 5.75 Å². The van der Waals surface area contributed by atoms with Crippen LogP contribution in [-0.2, 0) is 10.2 Å². The molecule has 1 amide bonds.